The van der Waals surface area contributed by atoms with Crippen LogP contribution in [0.4, 0.5) is 0 Å². The number of aromatic nitrogens is 2. The van der Waals surface area contributed by atoms with Gasteiger partial charge in [0, 0.05) is 19.0 Å². The highest BCUT2D eigenvalue weighted by molar-refractivity contribution is 6.17. The smallest absolute Gasteiger partial charge is 0.211 e. The van der Waals surface area contributed by atoms with Gasteiger partial charge in [-0.3, -0.25) is 0 Å². The van der Waals surface area contributed by atoms with Crippen molar-refractivity contribution in [1.82, 2.24) is 9.78 Å². The van der Waals surface area contributed by atoms with Crippen LogP contribution in [-0.2, 0) is 7.05 Å². The first-order valence-electron chi connectivity index (χ1n) is 3.93. The second-order valence-electron chi connectivity index (χ2n) is 2.64. The minimum absolute atomic E-state index is 0.636. The van der Waals surface area contributed by atoms with E-state index >= 15 is 0 Å². The van der Waals surface area contributed by atoms with Gasteiger partial charge in [0.05, 0.1) is 12.3 Å². The van der Waals surface area contributed by atoms with E-state index in [1.54, 1.807) is 4.68 Å². The van der Waals surface area contributed by atoms with Gasteiger partial charge in [-0.15, -0.1) is 11.6 Å². The largest absolute Gasteiger partial charge is 0.478 e. The van der Waals surface area contributed by atoms with E-state index in [2.05, 4.69) is 5.10 Å². The predicted octanol–water partition coefficient (Wildman–Crippen LogP) is 1.74. The lowest BCUT2D eigenvalue weighted by Gasteiger charge is -2.03. The van der Waals surface area contributed by atoms with Gasteiger partial charge in [0.2, 0.25) is 5.88 Å². The summed E-state index contributed by atoms with van der Waals surface area (Å²) in [7, 11) is 1.86. The fourth-order valence-corrected chi connectivity index (χ4v) is 1.06. The number of hydrogen-bond acceptors (Lipinski definition) is 2. The zero-order chi connectivity index (χ0) is 8.97. The number of hydrogen-bond donors (Lipinski definition) is 0. The molecule has 1 rings (SSSR count). The molecule has 0 N–H and O–H groups in total. The van der Waals surface area contributed by atoms with Gasteiger partial charge in [-0.2, -0.15) is 5.10 Å². The molecule has 4 heteroatoms. The number of ether oxygens (including phenoxy) is 1. The van der Waals surface area contributed by atoms with Crippen LogP contribution in [0, 0.1) is 6.92 Å². The Balaban J connectivity index is 2.45. The first-order chi connectivity index (χ1) is 5.74. The molecule has 0 radical (unpaired) electrons. The normalized spacial score (nSPS) is 10.2. The van der Waals surface area contributed by atoms with E-state index in [9.17, 15) is 0 Å². The van der Waals surface area contributed by atoms with Crippen LogP contribution in [-0.4, -0.2) is 22.3 Å². The van der Waals surface area contributed by atoms with Crippen molar-refractivity contribution in [3.05, 3.63) is 11.8 Å². The van der Waals surface area contributed by atoms with Crippen molar-refractivity contribution in [2.75, 3.05) is 12.5 Å². The number of nitrogens with zero attached hydrogens (tertiary/aromatic N) is 2. The SMILES string of the molecule is Cc1cc(OCCCCl)n(C)n1. The minimum Gasteiger partial charge on any atom is -0.478 e. The third kappa shape index (κ3) is 2.41. The molecule has 0 bridgehead atoms. The summed E-state index contributed by atoms with van der Waals surface area (Å²) in [4.78, 5) is 0. The Bertz CT molecular complexity index is 247. The van der Waals surface area contributed by atoms with Crippen LogP contribution in [0.15, 0.2) is 6.07 Å². The summed E-state index contributed by atoms with van der Waals surface area (Å²) in [5, 5.41) is 4.15. The van der Waals surface area contributed by atoms with Gasteiger partial charge >= 0.3 is 0 Å². The molecule has 0 saturated carbocycles. The standard InChI is InChI=1S/C8H13ClN2O/c1-7-6-8(11(2)10-7)12-5-3-4-9/h6H,3-5H2,1-2H3. The fourth-order valence-electron chi connectivity index (χ4n) is 0.953. The monoisotopic (exact) mass is 188 g/mol. The molecule has 3 nitrogen and oxygen atoms in total. The van der Waals surface area contributed by atoms with E-state index in [1.807, 2.05) is 20.0 Å². The molecule has 0 aliphatic carbocycles. The van der Waals surface area contributed by atoms with Crippen molar-refractivity contribution in [1.29, 1.82) is 0 Å². The van der Waals surface area contributed by atoms with Crippen molar-refractivity contribution >= 4 is 11.6 Å². The number of alkyl halides is 1. The zero-order valence-corrected chi connectivity index (χ0v) is 8.14. The van der Waals surface area contributed by atoms with Crippen molar-refractivity contribution < 1.29 is 4.74 Å². The van der Waals surface area contributed by atoms with E-state index in [1.165, 1.54) is 0 Å². The molecule has 0 amide bonds. The molecule has 68 valence electrons. The van der Waals surface area contributed by atoms with E-state index in [0.29, 0.717) is 12.5 Å². The summed E-state index contributed by atoms with van der Waals surface area (Å²) < 4.78 is 7.14. The van der Waals surface area contributed by atoms with Gasteiger partial charge in [-0.05, 0) is 13.3 Å². The lowest BCUT2D eigenvalue weighted by atomic mass is 10.5. The average Bonchev–Trinajstić information content (AvgIpc) is 2.31. The van der Waals surface area contributed by atoms with Crippen molar-refractivity contribution in [3.8, 4) is 5.88 Å². The van der Waals surface area contributed by atoms with Crippen LogP contribution >= 0.6 is 11.6 Å². The number of rotatable bonds is 4. The summed E-state index contributed by atoms with van der Waals surface area (Å²) in [5.74, 6) is 1.44. The van der Waals surface area contributed by atoms with Crippen LogP contribution in [0.5, 0.6) is 5.88 Å². The van der Waals surface area contributed by atoms with Gasteiger partial charge in [0.15, 0.2) is 0 Å². The van der Waals surface area contributed by atoms with Gasteiger partial charge in [0.25, 0.3) is 0 Å². The number of aryl methyl sites for hydroxylation is 2. The third-order valence-corrected chi connectivity index (χ3v) is 1.75. The average molecular weight is 189 g/mol. The highest BCUT2D eigenvalue weighted by Gasteiger charge is 2.01. The maximum Gasteiger partial charge on any atom is 0.211 e. The molecule has 1 aromatic rings. The minimum atomic E-state index is 0.636. The molecule has 0 aliphatic rings. The summed E-state index contributed by atoms with van der Waals surface area (Å²) in [6.45, 7) is 2.59. The summed E-state index contributed by atoms with van der Waals surface area (Å²) in [6, 6.07) is 1.91. The Kier molecular flexibility index (Phi) is 3.41. The van der Waals surface area contributed by atoms with E-state index in [0.717, 1.165) is 18.0 Å². The summed E-state index contributed by atoms with van der Waals surface area (Å²) in [6.07, 6.45) is 0.867. The molecule has 0 aliphatic heterocycles. The van der Waals surface area contributed by atoms with Crippen molar-refractivity contribution in [2.24, 2.45) is 7.05 Å². The van der Waals surface area contributed by atoms with Crippen molar-refractivity contribution in [3.63, 3.8) is 0 Å². The predicted molar refractivity (Wildman–Crippen MR) is 48.8 cm³/mol. The van der Waals surface area contributed by atoms with Gasteiger partial charge in [-0.1, -0.05) is 0 Å². The molecule has 12 heavy (non-hydrogen) atoms. The van der Waals surface area contributed by atoms with Gasteiger partial charge < -0.3 is 4.74 Å². The maximum absolute atomic E-state index is 5.51. The second-order valence-corrected chi connectivity index (χ2v) is 3.02. The van der Waals surface area contributed by atoms with E-state index < -0.39 is 0 Å². The molecule has 0 aromatic carbocycles. The first-order valence-corrected chi connectivity index (χ1v) is 4.47. The highest BCUT2D eigenvalue weighted by atomic mass is 35.5. The zero-order valence-electron chi connectivity index (χ0n) is 7.38. The molecule has 0 atom stereocenters. The second kappa shape index (κ2) is 4.36. The van der Waals surface area contributed by atoms with E-state index in [4.69, 9.17) is 16.3 Å². The first kappa shape index (κ1) is 9.39. The topological polar surface area (TPSA) is 27.1 Å². The molecule has 0 spiro atoms. The number of halogens is 1. The van der Waals surface area contributed by atoms with Crippen LogP contribution in [0.3, 0.4) is 0 Å². The molecule has 0 unspecified atom stereocenters. The quantitative estimate of drug-likeness (QED) is 0.532. The molecular weight excluding hydrogens is 176 g/mol. The summed E-state index contributed by atoms with van der Waals surface area (Å²) >= 11 is 5.51. The van der Waals surface area contributed by atoms with Crippen LogP contribution in [0.25, 0.3) is 0 Å². The lowest BCUT2D eigenvalue weighted by molar-refractivity contribution is 0.291. The highest BCUT2D eigenvalue weighted by Crippen LogP contribution is 2.10. The van der Waals surface area contributed by atoms with Crippen LogP contribution in [0.2, 0.25) is 0 Å². The lowest BCUT2D eigenvalue weighted by Crippen LogP contribution is -2.02. The Morgan fingerprint density at radius 1 is 1.67 bits per heavy atom. The Morgan fingerprint density at radius 2 is 2.42 bits per heavy atom. The maximum atomic E-state index is 5.51. The molecule has 1 aromatic heterocycles. The molecule has 0 fully saturated rings. The Morgan fingerprint density at radius 3 is 2.92 bits per heavy atom. The van der Waals surface area contributed by atoms with Crippen LogP contribution in [0.1, 0.15) is 12.1 Å². The molecule has 1 heterocycles. The van der Waals surface area contributed by atoms with E-state index in [-0.39, 0.29) is 0 Å². The van der Waals surface area contributed by atoms with Crippen LogP contribution < -0.4 is 4.74 Å². The summed E-state index contributed by atoms with van der Waals surface area (Å²) in [5.41, 5.74) is 0.971. The molecule has 0 saturated heterocycles. The molecular formula is C8H13ClN2O. The fraction of sp³-hybridized carbons (Fsp3) is 0.625. The van der Waals surface area contributed by atoms with Gasteiger partial charge in [0.1, 0.15) is 0 Å². The van der Waals surface area contributed by atoms with Gasteiger partial charge in [-0.25, -0.2) is 4.68 Å². The Hall–Kier alpha value is -0.700. The third-order valence-electron chi connectivity index (χ3n) is 1.49. The Labute approximate surface area is 77.3 Å². The van der Waals surface area contributed by atoms with Crippen molar-refractivity contribution in [2.45, 2.75) is 13.3 Å².